The fourth-order valence-corrected chi connectivity index (χ4v) is 8.35. The molecule has 1 aliphatic carbocycles. The average molecular weight is 743 g/mol. The number of nitrogens with zero attached hydrogens (tertiary/aromatic N) is 6. The smallest absolute Gasteiger partial charge is 0.161 e. The second kappa shape index (κ2) is 14.0. The van der Waals surface area contributed by atoms with Gasteiger partial charge in [0.15, 0.2) is 11.6 Å². The van der Waals surface area contributed by atoms with Crippen molar-refractivity contribution in [2.45, 2.75) is 5.92 Å². The van der Waals surface area contributed by atoms with Crippen molar-refractivity contribution >= 4 is 45.7 Å². The summed E-state index contributed by atoms with van der Waals surface area (Å²) >= 11 is 0. The van der Waals surface area contributed by atoms with Gasteiger partial charge in [-0.2, -0.15) is 0 Å². The number of allylic oxidation sites excluding steroid dienone is 1. The maximum absolute atomic E-state index is 5.30. The van der Waals surface area contributed by atoms with Crippen LogP contribution < -0.4 is 0 Å². The van der Waals surface area contributed by atoms with Gasteiger partial charge in [0.1, 0.15) is 5.82 Å². The lowest BCUT2D eigenvalue weighted by molar-refractivity contribution is 1.07. The lowest BCUT2D eigenvalue weighted by Crippen LogP contribution is -2.11. The summed E-state index contributed by atoms with van der Waals surface area (Å²) in [4.78, 5) is 25.3. The summed E-state index contributed by atoms with van der Waals surface area (Å²) in [6, 6.07) is 63.2. The minimum Gasteiger partial charge on any atom is -0.292 e. The molecular formula is C52H34N6. The van der Waals surface area contributed by atoms with Crippen LogP contribution in [0.3, 0.4) is 0 Å². The van der Waals surface area contributed by atoms with Crippen LogP contribution in [0.4, 0.5) is 11.6 Å². The van der Waals surface area contributed by atoms with Crippen LogP contribution in [0.2, 0.25) is 0 Å². The zero-order valence-corrected chi connectivity index (χ0v) is 31.3. The van der Waals surface area contributed by atoms with Crippen molar-refractivity contribution in [1.82, 2.24) is 19.5 Å². The molecule has 11 rings (SSSR count). The summed E-state index contributed by atoms with van der Waals surface area (Å²) in [7, 11) is 0. The van der Waals surface area contributed by atoms with Gasteiger partial charge < -0.3 is 0 Å². The monoisotopic (exact) mass is 742 g/mol. The summed E-state index contributed by atoms with van der Waals surface area (Å²) in [6.45, 7) is 0. The number of aromatic nitrogens is 4. The van der Waals surface area contributed by atoms with E-state index in [1.807, 2.05) is 36.4 Å². The molecule has 0 N–H and O–H groups in total. The van der Waals surface area contributed by atoms with Gasteiger partial charge in [-0.15, -0.1) is 0 Å². The average Bonchev–Trinajstić information content (AvgIpc) is 3.88. The Bertz CT molecular complexity index is 3090. The van der Waals surface area contributed by atoms with Gasteiger partial charge >= 0.3 is 0 Å². The van der Waals surface area contributed by atoms with E-state index in [0.29, 0.717) is 11.6 Å². The first-order valence-corrected chi connectivity index (χ1v) is 19.4. The van der Waals surface area contributed by atoms with Crippen molar-refractivity contribution in [3.8, 4) is 17.1 Å². The lowest BCUT2D eigenvalue weighted by atomic mass is 9.85. The van der Waals surface area contributed by atoms with E-state index in [1.165, 1.54) is 27.8 Å². The lowest BCUT2D eigenvalue weighted by Gasteiger charge is -2.19. The second-order valence-corrected chi connectivity index (χ2v) is 14.5. The number of benzene rings is 6. The van der Waals surface area contributed by atoms with E-state index < -0.39 is 0 Å². The molecule has 2 aliphatic rings. The van der Waals surface area contributed by atoms with E-state index in [2.05, 4.69) is 156 Å². The maximum Gasteiger partial charge on any atom is 0.161 e. The molecule has 0 saturated heterocycles. The molecule has 1 atom stereocenters. The van der Waals surface area contributed by atoms with Gasteiger partial charge in [0.25, 0.3) is 0 Å². The zero-order chi connectivity index (χ0) is 38.4. The summed E-state index contributed by atoms with van der Waals surface area (Å²) in [5.41, 5.74) is 15.5. The third-order valence-electron chi connectivity index (χ3n) is 11.1. The minimum absolute atomic E-state index is 0.162. The van der Waals surface area contributed by atoms with Crippen molar-refractivity contribution in [2.75, 3.05) is 0 Å². The normalized spacial score (nSPS) is 14.3. The number of hydrogen-bond acceptors (Lipinski definition) is 5. The summed E-state index contributed by atoms with van der Waals surface area (Å²) in [6.07, 6.45) is 5.91. The molecule has 0 radical (unpaired) electrons. The first-order chi connectivity index (χ1) is 28.8. The van der Waals surface area contributed by atoms with Crippen LogP contribution in [0.5, 0.6) is 0 Å². The molecule has 1 aliphatic heterocycles. The fourth-order valence-electron chi connectivity index (χ4n) is 8.35. The van der Waals surface area contributed by atoms with Crippen LogP contribution >= 0.6 is 0 Å². The first kappa shape index (κ1) is 33.5. The quantitative estimate of drug-likeness (QED) is 0.170. The van der Waals surface area contributed by atoms with Crippen LogP contribution in [0.15, 0.2) is 204 Å². The molecule has 4 heterocycles. The number of rotatable bonds is 6. The molecule has 0 saturated carbocycles. The van der Waals surface area contributed by atoms with E-state index in [-0.39, 0.29) is 5.92 Å². The molecular weight excluding hydrogens is 709 g/mol. The number of hydrogen-bond donors (Lipinski definition) is 0. The molecule has 3 aromatic heterocycles. The van der Waals surface area contributed by atoms with Gasteiger partial charge in [0.05, 0.1) is 22.5 Å². The number of aliphatic imine (C=N–C) groups is 2. The highest BCUT2D eigenvalue weighted by atomic mass is 15.1. The Morgan fingerprint density at radius 3 is 1.67 bits per heavy atom. The largest absolute Gasteiger partial charge is 0.292 e. The molecule has 9 aromatic rings. The van der Waals surface area contributed by atoms with Gasteiger partial charge in [-0.25, -0.2) is 24.9 Å². The standard InChI is InChI=1S/C52H34N6/c1-3-13-35(14-4-1)47-41-18-8-7-15-39(41)33-44(47)34-23-25-36(26-24-34)48-42-19-11-31-53-50(42)57-49(43-20-12-32-54-51(43)56-48)37-27-29-38(30-28-37)52-55-45-21-9-10-22-46(45)58(52)40-16-5-2-6-17-40/h1-33,47H. The third kappa shape index (κ3) is 5.78. The number of fused-ring (bicyclic) bond motifs is 4. The third-order valence-corrected chi connectivity index (χ3v) is 11.1. The SMILES string of the molecule is C1=C(c2ccc(C3=Nc4ncccc4C(c4ccc(-c5nc6ccccc6n5-c5ccccc5)cc4)=Nc4ncccc43)cc2)C(c2ccccc2)c2ccccc21. The fraction of sp³-hybridized carbons (Fsp3) is 0.0192. The molecule has 0 bridgehead atoms. The highest BCUT2D eigenvalue weighted by molar-refractivity contribution is 6.22. The number of para-hydroxylation sites is 3. The van der Waals surface area contributed by atoms with Crippen molar-refractivity contribution in [3.63, 3.8) is 0 Å². The summed E-state index contributed by atoms with van der Waals surface area (Å²) in [5.74, 6) is 2.23. The van der Waals surface area contributed by atoms with E-state index in [4.69, 9.17) is 24.9 Å². The van der Waals surface area contributed by atoms with Crippen molar-refractivity contribution < 1.29 is 0 Å². The van der Waals surface area contributed by atoms with E-state index in [0.717, 1.165) is 61.8 Å². The summed E-state index contributed by atoms with van der Waals surface area (Å²) < 4.78 is 2.21. The van der Waals surface area contributed by atoms with E-state index >= 15 is 0 Å². The Hall–Kier alpha value is -7.83. The topological polar surface area (TPSA) is 68.3 Å². The molecule has 6 heteroatoms. The molecule has 6 aromatic carbocycles. The van der Waals surface area contributed by atoms with Crippen molar-refractivity contribution in [2.24, 2.45) is 9.98 Å². The summed E-state index contributed by atoms with van der Waals surface area (Å²) in [5, 5.41) is 0. The van der Waals surface area contributed by atoms with Gasteiger partial charge in [-0.1, -0.05) is 133 Å². The molecule has 58 heavy (non-hydrogen) atoms. The maximum atomic E-state index is 5.30. The molecule has 272 valence electrons. The Labute approximate surface area is 336 Å². The second-order valence-electron chi connectivity index (χ2n) is 14.5. The number of pyridine rings is 2. The Balaban J connectivity index is 0.975. The van der Waals surface area contributed by atoms with E-state index in [9.17, 15) is 0 Å². The van der Waals surface area contributed by atoms with Crippen LogP contribution in [0.25, 0.3) is 39.8 Å². The number of imidazole rings is 1. The van der Waals surface area contributed by atoms with Gasteiger partial charge in [-0.05, 0) is 82.4 Å². The Morgan fingerprint density at radius 2 is 1.00 bits per heavy atom. The van der Waals surface area contributed by atoms with Crippen molar-refractivity contribution in [1.29, 1.82) is 0 Å². The van der Waals surface area contributed by atoms with Gasteiger partial charge in [0.2, 0.25) is 0 Å². The molecule has 6 nitrogen and oxygen atoms in total. The predicted molar refractivity (Wildman–Crippen MR) is 235 cm³/mol. The molecule has 1 unspecified atom stereocenters. The van der Waals surface area contributed by atoms with E-state index in [1.54, 1.807) is 12.4 Å². The van der Waals surface area contributed by atoms with Crippen LogP contribution in [0.1, 0.15) is 50.4 Å². The van der Waals surface area contributed by atoms with Crippen LogP contribution in [-0.2, 0) is 0 Å². The molecule has 0 amide bonds. The van der Waals surface area contributed by atoms with Crippen molar-refractivity contribution in [3.05, 3.63) is 239 Å². The predicted octanol–water partition coefficient (Wildman–Crippen LogP) is 11.8. The highest BCUT2D eigenvalue weighted by Gasteiger charge is 2.28. The van der Waals surface area contributed by atoms with Crippen LogP contribution in [0, 0.1) is 0 Å². The van der Waals surface area contributed by atoms with Crippen LogP contribution in [-0.4, -0.2) is 30.9 Å². The molecule has 0 fully saturated rings. The first-order valence-electron chi connectivity index (χ1n) is 19.4. The van der Waals surface area contributed by atoms with Gasteiger partial charge in [-0.3, -0.25) is 4.57 Å². The Morgan fingerprint density at radius 1 is 0.448 bits per heavy atom. The molecule has 0 spiro atoms. The highest BCUT2D eigenvalue weighted by Crippen LogP contribution is 2.46. The Kier molecular flexibility index (Phi) is 8.11. The zero-order valence-electron chi connectivity index (χ0n) is 31.3. The minimum atomic E-state index is 0.162. The van der Waals surface area contributed by atoms with Gasteiger partial charge in [0, 0.05) is 51.8 Å².